The molecule has 0 spiro atoms. The Morgan fingerprint density at radius 1 is 1.11 bits per heavy atom. The maximum Gasteiger partial charge on any atom is 0.300 e. The fourth-order valence-electron chi connectivity index (χ4n) is 3.21. The van der Waals surface area contributed by atoms with E-state index < -0.39 is 23.6 Å². The summed E-state index contributed by atoms with van der Waals surface area (Å²) in [7, 11) is 0. The molecule has 6 heteroatoms. The lowest BCUT2D eigenvalue weighted by Gasteiger charge is -2.26. The minimum Gasteiger partial charge on any atom is -0.324 e. The minimum atomic E-state index is -0.827. The van der Waals surface area contributed by atoms with Crippen LogP contribution in [0.3, 0.4) is 0 Å². The van der Waals surface area contributed by atoms with E-state index in [-0.39, 0.29) is 5.78 Å². The highest BCUT2D eigenvalue weighted by atomic mass is 16.2. The molecular weight excluding hydrogens is 344 g/mol. The molecule has 0 aromatic heterocycles. The number of amides is 2. The molecule has 27 heavy (non-hydrogen) atoms. The summed E-state index contributed by atoms with van der Waals surface area (Å²) < 4.78 is 0. The molecule has 0 aliphatic carbocycles. The summed E-state index contributed by atoms with van der Waals surface area (Å²) in [6.45, 7) is 5.07. The Morgan fingerprint density at radius 2 is 1.85 bits per heavy atom. The van der Waals surface area contributed by atoms with E-state index >= 15 is 0 Å². The van der Waals surface area contributed by atoms with Gasteiger partial charge in [0.05, 0.1) is 11.3 Å². The van der Waals surface area contributed by atoms with Gasteiger partial charge in [-0.2, -0.15) is 0 Å². The number of hydrogen-bond donors (Lipinski definition) is 1. The molecule has 0 saturated carbocycles. The lowest BCUT2D eigenvalue weighted by Crippen LogP contribution is -2.46. The van der Waals surface area contributed by atoms with Gasteiger partial charge in [-0.15, -0.1) is 0 Å². The molecule has 1 heterocycles. The first-order chi connectivity index (χ1) is 12.8. The van der Waals surface area contributed by atoms with Crippen LogP contribution in [-0.4, -0.2) is 29.4 Å². The monoisotopic (exact) mass is 364 g/mol. The maximum atomic E-state index is 12.8. The summed E-state index contributed by atoms with van der Waals surface area (Å²) in [6, 6.07) is 10.9. The van der Waals surface area contributed by atoms with E-state index in [2.05, 4.69) is 5.32 Å². The van der Waals surface area contributed by atoms with Gasteiger partial charge < -0.3 is 5.32 Å². The summed E-state index contributed by atoms with van der Waals surface area (Å²) >= 11 is 0. The quantitative estimate of drug-likeness (QED) is 0.652. The lowest BCUT2D eigenvalue weighted by molar-refractivity contribution is -0.121. The van der Waals surface area contributed by atoms with E-state index in [9.17, 15) is 19.2 Å². The van der Waals surface area contributed by atoms with Crippen LogP contribution in [0.2, 0.25) is 0 Å². The second-order valence-electron chi connectivity index (χ2n) is 6.58. The van der Waals surface area contributed by atoms with Crippen molar-refractivity contribution in [3.8, 4) is 0 Å². The molecule has 0 fully saturated rings. The number of nitrogens with one attached hydrogen (secondary N) is 1. The molecule has 0 saturated heterocycles. The molecule has 1 N–H and O–H groups in total. The number of benzene rings is 2. The van der Waals surface area contributed by atoms with Crippen LogP contribution in [0.4, 0.5) is 11.4 Å². The van der Waals surface area contributed by atoms with Gasteiger partial charge in [-0.05, 0) is 44.5 Å². The SMILES string of the molecule is CCC(C(=O)Nc1cccc(C(C)=O)c1)N1C(=O)C(=O)c2cc(C)ccc21. The van der Waals surface area contributed by atoms with E-state index in [4.69, 9.17) is 0 Å². The van der Waals surface area contributed by atoms with E-state index in [1.165, 1.54) is 11.8 Å². The molecular formula is C21H20N2O4. The Kier molecular flexibility index (Phi) is 4.90. The van der Waals surface area contributed by atoms with Gasteiger partial charge in [0, 0.05) is 11.3 Å². The first-order valence-corrected chi connectivity index (χ1v) is 8.74. The number of anilines is 2. The number of carbonyl (C=O) groups excluding carboxylic acids is 4. The molecule has 6 nitrogen and oxygen atoms in total. The van der Waals surface area contributed by atoms with Gasteiger partial charge >= 0.3 is 0 Å². The first-order valence-electron chi connectivity index (χ1n) is 8.74. The fourth-order valence-corrected chi connectivity index (χ4v) is 3.21. The summed E-state index contributed by atoms with van der Waals surface area (Å²) in [5, 5.41) is 2.75. The van der Waals surface area contributed by atoms with Crippen LogP contribution >= 0.6 is 0 Å². The van der Waals surface area contributed by atoms with Crippen molar-refractivity contribution in [2.45, 2.75) is 33.2 Å². The summed E-state index contributed by atoms with van der Waals surface area (Å²) in [5.74, 6) is -1.82. The predicted molar refractivity (Wildman–Crippen MR) is 102 cm³/mol. The van der Waals surface area contributed by atoms with Crippen LogP contribution in [0, 0.1) is 6.92 Å². The second kappa shape index (κ2) is 7.15. The van der Waals surface area contributed by atoms with Gasteiger partial charge in [0.15, 0.2) is 5.78 Å². The average molecular weight is 364 g/mol. The summed E-state index contributed by atoms with van der Waals surface area (Å²) in [5.41, 5.74) is 2.59. The summed E-state index contributed by atoms with van der Waals surface area (Å²) in [4.78, 5) is 50.5. The first kappa shape index (κ1) is 18.5. The lowest BCUT2D eigenvalue weighted by atomic mass is 10.1. The van der Waals surface area contributed by atoms with Gasteiger partial charge in [-0.3, -0.25) is 24.1 Å². The number of Topliss-reactive ketones (excluding diaryl/α,β-unsaturated/α-hetero) is 2. The zero-order chi connectivity index (χ0) is 19.7. The Hall–Kier alpha value is -3.28. The number of ketones is 2. The van der Waals surface area contributed by atoms with Gasteiger partial charge in [-0.25, -0.2) is 0 Å². The highest BCUT2D eigenvalue weighted by Crippen LogP contribution is 2.32. The van der Waals surface area contributed by atoms with Crippen molar-refractivity contribution in [3.05, 3.63) is 59.2 Å². The van der Waals surface area contributed by atoms with Crippen molar-refractivity contribution in [1.82, 2.24) is 0 Å². The van der Waals surface area contributed by atoms with E-state index in [0.717, 1.165) is 5.56 Å². The van der Waals surface area contributed by atoms with Crippen LogP contribution in [0.5, 0.6) is 0 Å². The third-order valence-electron chi connectivity index (χ3n) is 4.61. The zero-order valence-corrected chi connectivity index (χ0v) is 15.4. The largest absolute Gasteiger partial charge is 0.324 e. The molecule has 2 aromatic rings. The van der Waals surface area contributed by atoms with Crippen molar-refractivity contribution in [1.29, 1.82) is 0 Å². The highest BCUT2D eigenvalue weighted by molar-refractivity contribution is 6.53. The van der Waals surface area contributed by atoms with Gasteiger partial charge in [-0.1, -0.05) is 30.7 Å². The molecule has 2 amide bonds. The number of nitrogens with zero attached hydrogens (tertiary/aromatic N) is 1. The molecule has 3 rings (SSSR count). The smallest absolute Gasteiger partial charge is 0.300 e. The number of fused-ring (bicyclic) bond motifs is 1. The molecule has 2 aromatic carbocycles. The number of aryl methyl sites for hydroxylation is 1. The molecule has 1 aliphatic rings. The van der Waals surface area contributed by atoms with Crippen LogP contribution in [0.15, 0.2) is 42.5 Å². The van der Waals surface area contributed by atoms with E-state index in [1.807, 2.05) is 6.92 Å². The number of carbonyl (C=O) groups is 4. The highest BCUT2D eigenvalue weighted by Gasteiger charge is 2.41. The van der Waals surface area contributed by atoms with E-state index in [1.54, 1.807) is 49.4 Å². The summed E-state index contributed by atoms with van der Waals surface area (Å²) in [6.07, 6.45) is 0.338. The van der Waals surface area contributed by atoms with Crippen LogP contribution in [0.1, 0.15) is 46.5 Å². The van der Waals surface area contributed by atoms with Crippen LogP contribution < -0.4 is 10.2 Å². The molecule has 0 bridgehead atoms. The Morgan fingerprint density at radius 3 is 2.52 bits per heavy atom. The Bertz CT molecular complexity index is 964. The molecule has 1 unspecified atom stereocenters. The average Bonchev–Trinajstić information content (AvgIpc) is 2.87. The van der Waals surface area contributed by atoms with Crippen molar-refractivity contribution in [3.63, 3.8) is 0 Å². The topological polar surface area (TPSA) is 83.6 Å². The van der Waals surface area contributed by atoms with E-state index in [0.29, 0.717) is 28.9 Å². The standard InChI is InChI=1S/C21H20N2O4/c1-4-17(20(26)22-15-7-5-6-14(11-15)13(3)24)23-18-9-8-12(2)10-16(18)19(25)21(23)27/h5-11,17H,4H2,1-3H3,(H,22,26). The normalized spacial score (nSPS) is 14.1. The Labute approximate surface area is 157 Å². The third-order valence-corrected chi connectivity index (χ3v) is 4.61. The van der Waals surface area contributed by atoms with Crippen LogP contribution in [0.25, 0.3) is 0 Å². The molecule has 1 aliphatic heterocycles. The minimum absolute atomic E-state index is 0.109. The fraction of sp³-hybridized carbons (Fsp3) is 0.238. The number of rotatable bonds is 5. The van der Waals surface area contributed by atoms with Gasteiger partial charge in [0.1, 0.15) is 6.04 Å². The molecule has 1 atom stereocenters. The van der Waals surface area contributed by atoms with Gasteiger partial charge in [0.25, 0.3) is 11.7 Å². The maximum absolute atomic E-state index is 12.8. The van der Waals surface area contributed by atoms with Crippen LogP contribution in [-0.2, 0) is 9.59 Å². The Balaban J connectivity index is 1.90. The zero-order valence-electron chi connectivity index (χ0n) is 15.4. The molecule has 138 valence electrons. The van der Waals surface area contributed by atoms with Crippen molar-refractivity contribution >= 4 is 34.8 Å². The van der Waals surface area contributed by atoms with Gasteiger partial charge in [0.2, 0.25) is 5.91 Å². The van der Waals surface area contributed by atoms with Crippen molar-refractivity contribution in [2.24, 2.45) is 0 Å². The predicted octanol–water partition coefficient (Wildman–Crippen LogP) is 3.14. The van der Waals surface area contributed by atoms with Crippen molar-refractivity contribution in [2.75, 3.05) is 10.2 Å². The third kappa shape index (κ3) is 3.38. The molecule has 0 radical (unpaired) electrons. The van der Waals surface area contributed by atoms with Crippen molar-refractivity contribution < 1.29 is 19.2 Å². The second-order valence-corrected chi connectivity index (χ2v) is 6.58. The number of hydrogen-bond acceptors (Lipinski definition) is 4.